The average Bonchev–Trinajstić information content (AvgIpc) is 2.68. The third-order valence-corrected chi connectivity index (χ3v) is 8.19. The van der Waals surface area contributed by atoms with Gasteiger partial charge in [-0.05, 0) is 62.2 Å². The van der Waals surface area contributed by atoms with Gasteiger partial charge in [-0.15, -0.1) is 0 Å². The van der Waals surface area contributed by atoms with Gasteiger partial charge < -0.3 is 0 Å². The summed E-state index contributed by atoms with van der Waals surface area (Å²) in [5, 5.41) is 0. The molecule has 3 aromatic rings. The zero-order valence-electron chi connectivity index (χ0n) is 17.2. The van der Waals surface area contributed by atoms with Crippen LogP contribution in [-0.4, -0.2) is 23.9 Å². The number of aryl methyl sites for hydroxylation is 2. The van der Waals surface area contributed by atoms with Gasteiger partial charge in [0.15, 0.2) is 0 Å². The molecule has 0 bridgehead atoms. The predicted octanol–water partition coefficient (Wildman–Crippen LogP) is 4.24. The summed E-state index contributed by atoms with van der Waals surface area (Å²) in [5.74, 6) is 0. The lowest BCUT2D eigenvalue weighted by Crippen LogP contribution is -2.28. The van der Waals surface area contributed by atoms with Crippen LogP contribution in [0, 0.1) is 20.8 Å². The molecule has 0 aliphatic rings. The first kappa shape index (κ1) is 21.9. The van der Waals surface area contributed by atoms with Gasteiger partial charge in [0.1, 0.15) is 0 Å². The van der Waals surface area contributed by atoms with E-state index in [0.29, 0.717) is 22.5 Å². The largest absolute Gasteiger partial charge is 0.280 e. The molecule has 0 heterocycles. The van der Waals surface area contributed by atoms with E-state index in [2.05, 4.69) is 4.72 Å². The van der Waals surface area contributed by atoms with E-state index in [1.165, 1.54) is 13.1 Å². The summed E-state index contributed by atoms with van der Waals surface area (Å²) in [6, 6.07) is 18.2. The Morgan fingerprint density at radius 1 is 0.767 bits per heavy atom. The predicted molar refractivity (Wildman–Crippen MR) is 120 cm³/mol. The van der Waals surface area contributed by atoms with E-state index in [0.717, 1.165) is 9.87 Å². The highest BCUT2D eigenvalue weighted by atomic mass is 32.2. The molecule has 0 aliphatic heterocycles. The summed E-state index contributed by atoms with van der Waals surface area (Å²) >= 11 is 0. The number of benzene rings is 3. The van der Waals surface area contributed by atoms with Crippen molar-refractivity contribution in [2.45, 2.75) is 30.6 Å². The Hall–Kier alpha value is -2.84. The van der Waals surface area contributed by atoms with Crippen molar-refractivity contribution in [2.24, 2.45) is 0 Å². The quantitative estimate of drug-likeness (QED) is 0.616. The third kappa shape index (κ3) is 4.20. The Labute approximate surface area is 178 Å². The summed E-state index contributed by atoms with van der Waals surface area (Å²) < 4.78 is 56.0. The van der Waals surface area contributed by atoms with Crippen LogP contribution in [0.3, 0.4) is 0 Å². The lowest BCUT2D eigenvalue weighted by molar-refractivity contribution is 0.592. The van der Waals surface area contributed by atoms with Crippen molar-refractivity contribution in [2.75, 3.05) is 16.1 Å². The average molecular weight is 445 g/mol. The number of hydrogen-bond acceptors (Lipinski definition) is 4. The van der Waals surface area contributed by atoms with Crippen LogP contribution in [0.25, 0.3) is 0 Å². The van der Waals surface area contributed by atoms with Gasteiger partial charge in [-0.25, -0.2) is 16.8 Å². The molecule has 3 aromatic carbocycles. The van der Waals surface area contributed by atoms with Crippen LogP contribution < -0.4 is 9.03 Å². The highest BCUT2D eigenvalue weighted by Gasteiger charge is 2.27. The molecule has 8 heteroatoms. The molecule has 0 radical (unpaired) electrons. The van der Waals surface area contributed by atoms with Crippen molar-refractivity contribution in [3.05, 3.63) is 83.4 Å². The molecule has 0 saturated heterocycles. The monoisotopic (exact) mass is 444 g/mol. The highest BCUT2D eigenvalue weighted by Crippen LogP contribution is 2.33. The fraction of sp³-hybridized carbons (Fsp3) is 0.182. The standard InChI is InChI=1S/C22H24N2O4S2/c1-16-10-13-20(14-11-16)30(27,28)24(4)22-17(2)12-15-21(18(22)3)29(25,26)23-19-8-6-5-7-9-19/h5-15,23H,1-4H3. The van der Waals surface area contributed by atoms with E-state index in [9.17, 15) is 16.8 Å². The van der Waals surface area contributed by atoms with Crippen LogP contribution in [0.15, 0.2) is 76.5 Å². The minimum Gasteiger partial charge on any atom is -0.280 e. The minimum absolute atomic E-state index is 0.0258. The fourth-order valence-electron chi connectivity index (χ4n) is 3.30. The number of para-hydroxylation sites is 1. The molecule has 3 rings (SSSR count). The van der Waals surface area contributed by atoms with Gasteiger partial charge >= 0.3 is 0 Å². The lowest BCUT2D eigenvalue weighted by Gasteiger charge is -2.25. The Kier molecular flexibility index (Phi) is 5.92. The maximum Gasteiger partial charge on any atom is 0.264 e. The molecule has 0 aliphatic carbocycles. The minimum atomic E-state index is -3.90. The molecule has 0 unspecified atom stereocenters. The SMILES string of the molecule is Cc1ccc(S(=O)(=O)N(C)c2c(C)ccc(S(=O)(=O)Nc3ccccc3)c2C)cc1. The summed E-state index contributed by atoms with van der Waals surface area (Å²) in [6.07, 6.45) is 0. The second kappa shape index (κ2) is 8.12. The molecule has 0 fully saturated rings. The first-order valence-corrected chi connectivity index (χ1v) is 12.2. The Morgan fingerprint density at radius 3 is 1.97 bits per heavy atom. The normalized spacial score (nSPS) is 11.9. The van der Waals surface area contributed by atoms with Crippen LogP contribution in [0.1, 0.15) is 16.7 Å². The summed E-state index contributed by atoms with van der Waals surface area (Å²) in [4.78, 5) is 0.169. The molecule has 0 atom stereocenters. The van der Waals surface area contributed by atoms with Crippen LogP contribution >= 0.6 is 0 Å². The molecule has 30 heavy (non-hydrogen) atoms. The number of nitrogens with one attached hydrogen (secondary N) is 1. The highest BCUT2D eigenvalue weighted by molar-refractivity contribution is 7.93. The molecule has 158 valence electrons. The van der Waals surface area contributed by atoms with Crippen molar-refractivity contribution in [3.63, 3.8) is 0 Å². The molecular weight excluding hydrogens is 420 g/mol. The Balaban J connectivity index is 2.07. The van der Waals surface area contributed by atoms with Gasteiger partial charge in [-0.1, -0.05) is 42.0 Å². The molecule has 0 aromatic heterocycles. The lowest BCUT2D eigenvalue weighted by atomic mass is 10.1. The van der Waals surface area contributed by atoms with E-state index in [4.69, 9.17) is 0 Å². The first-order chi connectivity index (χ1) is 14.0. The number of nitrogens with zero attached hydrogens (tertiary/aromatic N) is 1. The van der Waals surface area contributed by atoms with Crippen molar-refractivity contribution >= 4 is 31.4 Å². The second-order valence-electron chi connectivity index (χ2n) is 7.11. The molecule has 1 N–H and O–H groups in total. The van der Waals surface area contributed by atoms with Gasteiger partial charge in [0.25, 0.3) is 20.0 Å². The molecule has 0 spiro atoms. The van der Waals surface area contributed by atoms with Crippen molar-refractivity contribution in [1.29, 1.82) is 0 Å². The fourth-order valence-corrected chi connectivity index (χ4v) is 5.92. The van der Waals surface area contributed by atoms with Gasteiger partial charge in [-0.2, -0.15) is 0 Å². The number of anilines is 2. The maximum absolute atomic E-state index is 13.2. The van der Waals surface area contributed by atoms with Crippen LogP contribution in [0.4, 0.5) is 11.4 Å². The van der Waals surface area contributed by atoms with Crippen LogP contribution in [0.5, 0.6) is 0 Å². The van der Waals surface area contributed by atoms with E-state index < -0.39 is 20.0 Å². The van der Waals surface area contributed by atoms with E-state index in [1.54, 1.807) is 74.5 Å². The van der Waals surface area contributed by atoms with Crippen molar-refractivity contribution in [3.8, 4) is 0 Å². The maximum atomic E-state index is 13.2. The van der Waals surface area contributed by atoms with Gasteiger partial charge in [0, 0.05) is 12.7 Å². The Morgan fingerprint density at radius 2 is 1.37 bits per heavy atom. The summed E-state index contributed by atoms with van der Waals surface area (Å²) in [5.41, 5.74) is 2.73. The van der Waals surface area contributed by atoms with Crippen molar-refractivity contribution < 1.29 is 16.8 Å². The summed E-state index contributed by atoms with van der Waals surface area (Å²) in [6.45, 7) is 5.25. The van der Waals surface area contributed by atoms with Crippen molar-refractivity contribution in [1.82, 2.24) is 0 Å². The number of hydrogen-bond donors (Lipinski definition) is 1. The van der Waals surface area contributed by atoms with Crippen LogP contribution in [0.2, 0.25) is 0 Å². The van der Waals surface area contributed by atoms with Gasteiger partial charge in [0.2, 0.25) is 0 Å². The van der Waals surface area contributed by atoms with Crippen LogP contribution in [-0.2, 0) is 20.0 Å². The number of sulfonamides is 2. The van der Waals surface area contributed by atoms with E-state index in [1.807, 2.05) is 6.92 Å². The van der Waals surface area contributed by atoms with Gasteiger partial charge in [0.05, 0.1) is 15.5 Å². The zero-order chi connectivity index (χ0) is 22.1. The van der Waals surface area contributed by atoms with E-state index in [-0.39, 0.29) is 9.79 Å². The molecular formula is C22H24N2O4S2. The third-order valence-electron chi connectivity index (χ3n) is 4.89. The molecule has 0 saturated carbocycles. The van der Waals surface area contributed by atoms with Gasteiger partial charge in [-0.3, -0.25) is 9.03 Å². The molecule has 0 amide bonds. The Bertz CT molecular complexity index is 1270. The number of rotatable bonds is 6. The first-order valence-electron chi connectivity index (χ1n) is 9.28. The van der Waals surface area contributed by atoms with E-state index >= 15 is 0 Å². The zero-order valence-corrected chi connectivity index (χ0v) is 18.9. The summed E-state index contributed by atoms with van der Waals surface area (Å²) in [7, 11) is -6.32. The molecule has 6 nitrogen and oxygen atoms in total. The second-order valence-corrected chi connectivity index (χ2v) is 10.7. The smallest absolute Gasteiger partial charge is 0.264 e. The topological polar surface area (TPSA) is 83.6 Å².